The van der Waals surface area contributed by atoms with Crippen LogP contribution in [0.3, 0.4) is 0 Å². The van der Waals surface area contributed by atoms with E-state index in [1.807, 2.05) is 37.3 Å². The lowest BCUT2D eigenvalue weighted by atomic mass is 10.1. The van der Waals surface area contributed by atoms with Crippen LogP contribution in [0.1, 0.15) is 18.5 Å². The number of rotatable bonds is 5. The molecule has 0 saturated heterocycles. The lowest BCUT2D eigenvalue weighted by molar-refractivity contribution is 0.449. The molecule has 1 heterocycles. The highest BCUT2D eigenvalue weighted by Crippen LogP contribution is 2.24. The highest BCUT2D eigenvalue weighted by atomic mass is 19.2. The second-order valence-electron chi connectivity index (χ2n) is 5.41. The zero-order valence-electron chi connectivity index (χ0n) is 13.3. The van der Waals surface area contributed by atoms with Gasteiger partial charge in [-0.05, 0) is 24.6 Å². The standard InChI is InChI=1S/C18H15F3N4/c1-11(12-5-3-2-4-6-12)24-15-9-16(23-10-22-15)25-14-8-7-13(19)17(20)18(14)21/h2-11H,1H3,(H2,22,23,24,25). The summed E-state index contributed by atoms with van der Waals surface area (Å²) in [5.41, 5.74) is 0.863. The van der Waals surface area contributed by atoms with E-state index >= 15 is 0 Å². The fraction of sp³-hybridized carbons (Fsp3) is 0.111. The Labute approximate surface area is 142 Å². The molecule has 0 spiro atoms. The summed E-state index contributed by atoms with van der Waals surface area (Å²) in [7, 11) is 0. The molecule has 0 bridgehead atoms. The normalized spacial score (nSPS) is 11.8. The minimum atomic E-state index is -1.53. The van der Waals surface area contributed by atoms with Crippen LogP contribution < -0.4 is 10.6 Å². The van der Waals surface area contributed by atoms with E-state index in [-0.39, 0.29) is 17.5 Å². The van der Waals surface area contributed by atoms with Crippen LogP contribution in [-0.4, -0.2) is 9.97 Å². The molecule has 0 aliphatic heterocycles. The van der Waals surface area contributed by atoms with E-state index < -0.39 is 17.5 Å². The van der Waals surface area contributed by atoms with Gasteiger partial charge in [0.25, 0.3) is 0 Å². The summed E-state index contributed by atoms with van der Waals surface area (Å²) >= 11 is 0. The topological polar surface area (TPSA) is 49.8 Å². The van der Waals surface area contributed by atoms with Gasteiger partial charge in [-0.15, -0.1) is 0 Å². The molecular formula is C18H15F3N4. The minimum Gasteiger partial charge on any atom is -0.363 e. The maximum atomic E-state index is 13.7. The first kappa shape index (κ1) is 16.8. The Bertz CT molecular complexity index is 871. The highest BCUT2D eigenvalue weighted by Gasteiger charge is 2.14. The average Bonchev–Trinajstić information content (AvgIpc) is 2.63. The van der Waals surface area contributed by atoms with E-state index in [9.17, 15) is 13.2 Å². The van der Waals surface area contributed by atoms with Crippen molar-refractivity contribution in [1.29, 1.82) is 0 Å². The number of hydrogen-bond acceptors (Lipinski definition) is 4. The Morgan fingerprint density at radius 3 is 2.36 bits per heavy atom. The number of halogens is 3. The molecule has 1 atom stereocenters. The molecule has 0 saturated carbocycles. The lowest BCUT2D eigenvalue weighted by Crippen LogP contribution is -2.08. The van der Waals surface area contributed by atoms with Gasteiger partial charge in [0.1, 0.15) is 18.0 Å². The third kappa shape index (κ3) is 3.88. The highest BCUT2D eigenvalue weighted by molar-refractivity contribution is 5.59. The zero-order chi connectivity index (χ0) is 17.8. The molecule has 0 aliphatic carbocycles. The number of anilines is 3. The van der Waals surface area contributed by atoms with E-state index in [4.69, 9.17) is 0 Å². The number of nitrogens with zero attached hydrogens (tertiary/aromatic N) is 2. The molecule has 0 fully saturated rings. The largest absolute Gasteiger partial charge is 0.363 e. The van der Waals surface area contributed by atoms with Crippen molar-refractivity contribution in [3.05, 3.63) is 77.9 Å². The zero-order valence-corrected chi connectivity index (χ0v) is 13.3. The first-order valence-electron chi connectivity index (χ1n) is 7.58. The van der Waals surface area contributed by atoms with Gasteiger partial charge in [0.05, 0.1) is 5.69 Å². The summed E-state index contributed by atoms with van der Waals surface area (Å²) in [4.78, 5) is 8.07. The first-order chi connectivity index (χ1) is 12.0. The van der Waals surface area contributed by atoms with Gasteiger partial charge in [-0.1, -0.05) is 30.3 Å². The number of aromatic nitrogens is 2. The third-order valence-corrected chi connectivity index (χ3v) is 3.63. The fourth-order valence-corrected chi connectivity index (χ4v) is 2.31. The van der Waals surface area contributed by atoms with Crippen LogP contribution in [0.15, 0.2) is 54.9 Å². The van der Waals surface area contributed by atoms with Crippen LogP contribution in [0.5, 0.6) is 0 Å². The quantitative estimate of drug-likeness (QED) is 0.652. The van der Waals surface area contributed by atoms with Gasteiger partial charge in [0.2, 0.25) is 0 Å². The van der Waals surface area contributed by atoms with Crippen molar-refractivity contribution in [2.24, 2.45) is 0 Å². The molecule has 1 unspecified atom stereocenters. The number of hydrogen-bond donors (Lipinski definition) is 2. The summed E-state index contributed by atoms with van der Waals surface area (Å²) in [6, 6.07) is 13.3. The second-order valence-corrected chi connectivity index (χ2v) is 5.41. The molecule has 7 heteroatoms. The van der Waals surface area contributed by atoms with Crippen molar-refractivity contribution in [2.45, 2.75) is 13.0 Å². The molecule has 4 nitrogen and oxygen atoms in total. The predicted octanol–water partition coefficient (Wildman–Crippen LogP) is 4.81. The van der Waals surface area contributed by atoms with E-state index in [1.54, 1.807) is 6.07 Å². The van der Waals surface area contributed by atoms with Gasteiger partial charge >= 0.3 is 0 Å². The maximum absolute atomic E-state index is 13.7. The summed E-state index contributed by atoms with van der Waals surface area (Å²) in [6.45, 7) is 1.97. The van der Waals surface area contributed by atoms with Gasteiger partial charge in [-0.2, -0.15) is 0 Å². The van der Waals surface area contributed by atoms with E-state index in [2.05, 4.69) is 20.6 Å². The van der Waals surface area contributed by atoms with Crippen LogP contribution in [0.25, 0.3) is 0 Å². The summed E-state index contributed by atoms with van der Waals surface area (Å²) in [5.74, 6) is -3.31. The molecule has 0 amide bonds. The van der Waals surface area contributed by atoms with Crippen molar-refractivity contribution in [1.82, 2.24) is 9.97 Å². The Hall–Kier alpha value is -3.09. The van der Waals surface area contributed by atoms with Gasteiger partial charge < -0.3 is 10.6 Å². The van der Waals surface area contributed by atoms with Crippen molar-refractivity contribution < 1.29 is 13.2 Å². The smallest absolute Gasteiger partial charge is 0.196 e. The SMILES string of the molecule is CC(Nc1cc(Nc2ccc(F)c(F)c2F)ncn1)c1ccccc1. The molecule has 1 aromatic heterocycles. The van der Waals surface area contributed by atoms with E-state index in [0.29, 0.717) is 5.82 Å². The molecule has 2 aromatic carbocycles. The van der Waals surface area contributed by atoms with Crippen molar-refractivity contribution in [2.75, 3.05) is 10.6 Å². The van der Waals surface area contributed by atoms with Crippen molar-refractivity contribution in [3.63, 3.8) is 0 Å². The summed E-state index contributed by atoms with van der Waals surface area (Å²) < 4.78 is 40.0. The second kappa shape index (κ2) is 7.21. The van der Waals surface area contributed by atoms with E-state index in [0.717, 1.165) is 17.7 Å². The van der Waals surface area contributed by atoms with Gasteiger partial charge in [-0.3, -0.25) is 0 Å². The van der Waals surface area contributed by atoms with Gasteiger partial charge in [0, 0.05) is 12.1 Å². The Kier molecular flexibility index (Phi) is 4.83. The van der Waals surface area contributed by atoms with Crippen LogP contribution in [-0.2, 0) is 0 Å². The van der Waals surface area contributed by atoms with Crippen molar-refractivity contribution >= 4 is 17.3 Å². The van der Waals surface area contributed by atoms with Gasteiger partial charge in [0.15, 0.2) is 17.5 Å². The molecule has 0 radical (unpaired) electrons. The van der Waals surface area contributed by atoms with Crippen molar-refractivity contribution in [3.8, 4) is 0 Å². The van der Waals surface area contributed by atoms with E-state index in [1.165, 1.54) is 6.33 Å². The molecule has 3 aromatic rings. The summed E-state index contributed by atoms with van der Waals surface area (Å²) in [6.07, 6.45) is 1.29. The van der Waals surface area contributed by atoms with Crippen LogP contribution in [0, 0.1) is 17.5 Å². The van der Waals surface area contributed by atoms with Crippen LogP contribution >= 0.6 is 0 Å². The Morgan fingerprint density at radius 2 is 1.60 bits per heavy atom. The Morgan fingerprint density at radius 1 is 0.880 bits per heavy atom. The van der Waals surface area contributed by atoms with Crippen LogP contribution in [0.2, 0.25) is 0 Å². The molecular weight excluding hydrogens is 329 g/mol. The summed E-state index contributed by atoms with van der Waals surface area (Å²) in [5, 5.41) is 5.82. The molecule has 2 N–H and O–H groups in total. The third-order valence-electron chi connectivity index (χ3n) is 3.63. The lowest BCUT2D eigenvalue weighted by Gasteiger charge is -2.15. The molecule has 3 rings (SSSR count). The average molecular weight is 344 g/mol. The maximum Gasteiger partial charge on any atom is 0.196 e. The predicted molar refractivity (Wildman–Crippen MR) is 90.1 cm³/mol. The Balaban J connectivity index is 1.77. The first-order valence-corrected chi connectivity index (χ1v) is 7.58. The fourth-order valence-electron chi connectivity index (χ4n) is 2.31. The number of nitrogens with one attached hydrogen (secondary N) is 2. The molecule has 128 valence electrons. The number of benzene rings is 2. The monoisotopic (exact) mass is 344 g/mol. The molecule has 0 aliphatic rings. The van der Waals surface area contributed by atoms with Gasteiger partial charge in [-0.25, -0.2) is 23.1 Å². The minimum absolute atomic E-state index is 0.0102. The van der Waals surface area contributed by atoms with Crippen LogP contribution in [0.4, 0.5) is 30.5 Å². The molecule has 25 heavy (non-hydrogen) atoms.